The quantitative estimate of drug-likeness (QED) is 0.651. The number of benzene rings is 2. The molecule has 0 aromatic heterocycles. The van der Waals surface area contributed by atoms with E-state index in [4.69, 9.17) is 5.11 Å². The van der Waals surface area contributed by atoms with Gasteiger partial charge in [0.05, 0.1) is 11.3 Å². The highest BCUT2D eigenvalue weighted by Crippen LogP contribution is 2.22. The van der Waals surface area contributed by atoms with Crippen LogP contribution in [0.25, 0.3) is 0 Å². The Kier molecular flexibility index (Phi) is 5.06. The van der Waals surface area contributed by atoms with E-state index in [1.54, 1.807) is 0 Å². The highest BCUT2D eigenvalue weighted by atomic mass is 19.4. The molecular formula is C16H10F3NO5. The molecule has 0 saturated carbocycles. The highest BCUT2D eigenvalue weighted by Gasteiger charge is 2.41. The van der Waals surface area contributed by atoms with Gasteiger partial charge < -0.3 is 15.2 Å². The molecule has 2 rings (SSSR count). The molecule has 1 amide bonds. The summed E-state index contributed by atoms with van der Waals surface area (Å²) in [4.78, 5) is 34.1. The summed E-state index contributed by atoms with van der Waals surface area (Å²) in [5.41, 5.74) is -0.263. The van der Waals surface area contributed by atoms with E-state index in [0.29, 0.717) is 0 Å². The van der Waals surface area contributed by atoms with Gasteiger partial charge in [-0.15, -0.1) is 0 Å². The van der Waals surface area contributed by atoms with E-state index >= 15 is 0 Å². The van der Waals surface area contributed by atoms with E-state index in [0.717, 1.165) is 12.1 Å². The minimum atomic E-state index is -5.17. The number of carboxylic acid groups (broad SMARTS) is 1. The first-order valence-corrected chi connectivity index (χ1v) is 6.71. The van der Waals surface area contributed by atoms with Crippen molar-refractivity contribution in [1.29, 1.82) is 0 Å². The second-order valence-corrected chi connectivity index (χ2v) is 4.72. The van der Waals surface area contributed by atoms with Gasteiger partial charge in [0, 0.05) is 5.56 Å². The summed E-state index contributed by atoms with van der Waals surface area (Å²) in [6.45, 7) is 0. The number of para-hydroxylation sites is 1. The Balaban J connectivity index is 2.20. The summed E-state index contributed by atoms with van der Waals surface area (Å²) in [6.07, 6.45) is -5.17. The first-order chi connectivity index (χ1) is 11.7. The van der Waals surface area contributed by atoms with Crippen molar-refractivity contribution in [2.24, 2.45) is 0 Å². The van der Waals surface area contributed by atoms with Crippen LogP contribution >= 0.6 is 0 Å². The van der Waals surface area contributed by atoms with Crippen LogP contribution in [0, 0.1) is 0 Å². The maximum absolute atomic E-state index is 12.2. The zero-order chi connectivity index (χ0) is 18.6. The number of carbonyl (C=O) groups is 3. The molecule has 25 heavy (non-hydrogen) atoms. The maximum Gasteiger partial charge on any atom is 0.491 e. The number of esters is 1. The number of carbonyl (C=O) groups excluding carboxylic acids is 2. The number of ether oxygens (including phenoxy) is 1. The molecule has 0 atom stereocenters. The van der Waals surface area contributed by atoms with Crippen molar-refractivity contribution >= 4 is 23.5 Å². The average molecular weight is 353 g/mol. The van der Waals surface area contributed by atoms with E-state index in [1.807, 2.05) is 0 Å². The Labute approximate surface area is 138 Å². The molecule has 0 bridgehead atoms. The minimum absolute atomic E-state index is 0.0117. The number of halogens is 3. The topological polar surface area (TPSA) is 92.7 Å². The molecule has 0 aliphatic carbocycles. The Bertz CT molecular complexity index is 833. The molecule has 0 heterocycles. The van der Waals surface area contributed by atoms with Crippen molar-refractivity contribution in [2.75, 3.05) is 5.32 Å². The van der Waals surface area contributed by atoms with E-state index in [-0.39, 0.29) is 16.8 Å². The monoisotopic (exact) mass is 353 g/mol. The van der Waals surface area contributed by atoms with Gasteiger partial charge in [-0.05, 0) is 30.3 Å². The normalized spacial score (nSPS) is 10.8. The van der Waals surface area contributed by atoms with Crippen LogP contribution in [0.15, 0.2) is 48.5 Å². The van der Waals surface area contributed by atoms with Crippen molar-refractivity contribution in [3.8, 4) is 5.75 Å². The van der Waals surface area contributed by atoms with Crippen molar-refractivity contribution in [2.45, 2.75) is 6.18 Å². The second kappa shape index (κ2) is 7.04. The number of nitrogens with one attached hydrogen (secondary N) is 1. The van der Waals surface area contributed by atoms with Gasteiger partial charge in [-0.1, -0.05) is 18.2 Å². The summed E-state index contributed by atoms with van der Waals surface area (Å²) in [5, 5.41) is 11.4. The molecule has 0 fully saturated rings. The lowest BCUT2D eigenvalue weighted by Gasteiger charge is -2.10. The lowest BCUT2D eigenvalue weighted by atomic mass is 10.1. The molecule has 2 aromatic carbocycles. The molecule has 0 spiro atoms. The third-order valence-electron chi connectivity index (χ3n) is 2.94. The second-order valence-electron chi connectivity index (χ2n) is 4.72. The zero-order valence-corrected chi connectivity index (χ0v) is 12.3. The fraction of sp³-hybridized carbons (Fsp3) is 0.0625. The van der Waals surface area contributed by atoms with Gasteiger partial charge in [0.15, 0.2) is 0 Å². The number of alkyl halides is 3. The minimum Gasteiger partial charge on any atom is -0.478 e. The summed E-state index contributed by atoms with van der Waals surface area (Å²) in [7, 11) is 0. The maximum atomic E-state index is 12.2. The van der Waals surface area contributed by atoms with Gasteiger partial charge in [0.25, 0.3) is 5.91 Å². The van der Waals surface area contributed by atoms with Crippen LogP contribution in [-0.4, -0.2) is 29.1 Å². The van der Waals surface area contributed by atoms with Gasteiger partial charge in [0.2, 0.25) is 0 Å². The summed E-state index contributed by atoms with van der Waals surface area (Å²) in [6, 6.07) is 10.1. The van der Waals surface area contributed by atoms with Gasteiger partial charge in [-0.25, -0.2) is 9.59 Å². The van der Waals surface area contributed by atoms with Crippen LogP contribution in [0.5, 0.6) is 5.75 Å². The molecule has 6 nitrogen and oxygen atoms in total. The fourth-order valence-corrected chi connectivity index (χ4v) is 1.84. The number of rotatable bonds is 4. The molecule has 9 heteroatoms. The Morgan fingerprint density at radius 2 is 1.68 bits per heavy atom. The van der Waals surface area contributed by atoms with E-state index in [9.17, 15) is 27.6 Å². The van der Waals surface area contributed by atoms with Crippen LogP contribution in [0.4, 0.5) is 18.9 Å². The van der Waals surface area contributed by atoms with E-state index in [1.165, 1.54) is 36.4 Å². The molecule has 0 radical (unpaired) electrons. The molecule has 0 aliphatic heterocycles. The Morgan fingerprint density at radius 3 is 2.32 bits per heavy atom. The van der Waals surface area contributed by atoms with Crippen LogP contribution in [-0.2, 0) is 4.79 Å². The molecule has 0 saturated heterocycles. The predicted molar refractivity (Wildman–Crippen MR) is 79.5 cm³/mol. The van der Waals surface area contributed by atoms with Crippen molar-refractivity contribution in [3.63, 3.8) is 0 Å². The third kappa shape index (κ3) is 4.56. The molecule has 0 unspecified atom stereocenters. The largest absolute Gasteiger partial charge is 0.491 e. The van der Waals surface area contributed by atoms with Crippen LogP contribution in [0.2, 0.25) is 0 Å². The van der Waals surface area contributed by atoms with Crippen molar-refractivity contribution < 1.29 is 37.4 Å². The number of anilines is 1. The number of hydrogen-bond donors (Lipinski definition) is 2. The summed E-state index contributed by atoms with van der Waals surface area (Å²) < 4.78 is 40.7. The summed E-state index contributed by atoms with van der Waals surface area (Å²) >= 11 is 0. The number of amides is 1. The number of carboxylic acids is 1. The van der Waals surface area contributed by atoms with E-state index in [2.05, 4.69) is 10.1 Å². The lowest BCUT2D eigenvalue weighted by Crippen LogP contribution is -2.28. The van der Waals surface area contributed by atoms with Gasteiger partial charge in [-0.3, -0.25) is 4.79 Å². The summed E-state index contributed by atoms with van der Waals surface area (Å²) in [5.74, 6) is -4.93. The van der Waals surface area contributed by atoms with Crippen LogP contribution in [0.1, 0.15) is 20.7 Å². The smallest absolute Gasteiger partial charge is 0.478 e. The number of aromatic carboxylic acids is 1. The Hall–Kier alpha value is -3.36. The molecule has 0 aliphatic rings. The van der Waals surface area contributed by atoms with Crippen molar-refractivity contribution in [3.05, 3.63) is 59.7 Å². The van der Waals surface area contributed by atoms with Gasteiger partial charge in [0.1, 0.15) is 5.75 Å². The fourth-order valence-electron chi connectivity index (χ4n) is 1.84. The molecule has 2 N–H and O–H groups in total. The first kappa shape index (κ1) is 18.0. The Morgan fingerprint density at radius 1 is 1.00 bits per heavy atom. The number of hydrogen-bond acceptors (Lipinski definition) is 4. The average Bonchev–Trinajstić information content (AvgIpc) is 2.54. The SMILES string of the molecule is O=C(Nc1ccccc1C(=O)O)c1cccc(OC(=O)C(F)(F)F)c1. The first-order valence-electron chi connectivity index (χ1n) is 6.71. The standard InChI is InChI=1S/C16H10F3NO5/c17-16(18,19)15(24)25-10-5-3-4-9(8-10)13(21)20-12-7-2-1-6-11(12)14(22)23/h1-8H,(H,20,21)(H,22,23). The lowest BCUT2D eigenvalue weighted by molar-refractivity contribution is -0.189. The van der Waals surface area contributed by atoms with E-state index < -0.39 is 29.8 Å². The molecule has 2 aromatic rings. The zero-order valence-electron chi connectivity index (χ0n) is 12.3. The van der Waals surface area contributed by atoms with Crippen molar-refractivity contribution in [1.82, 2.24) is 0 Å². The predicted octanol–water partition coefficient (Wildman–Crippen LogP) is 3.10. The molecule has 130 valence electrons. The van der Waals surface area contributed by atoms with Gasteiger partial charge >= 0.3 is 18.1 Å². The third-order valence-corrected chi connectivity index (χ3v) is 2.94. The molecular weight excluding hydrogens is 343 g/mol. The van der Waals surface area contributed by atoms with Gasteiger partial charge in [-0.2, -0.15) is 13.2 Å². The highest BCUT2D eigenvalue weighted by molar-refractivity contribution is 6.07. The van der Waals surface area contributed by atoms with Crippen LogP contribution < -0.4 is 10.1 Å². The van der Waals surface area contributed by atoms with Crippen LogP contribution in [0.3, 0.4) is 0 Å².